The molecule has 0 aromatic heterocycles. The first-order valence-corrected chi connectivity index (χ1v) is 4.39. The zero-order valence-electron chi connectivity index (χ0n) is 8.24. The molecule has 4 heteroatoms. The Morgan fingerprint density at radius 1 is 1.43 bits per heavy atom. The van der Waals surface area contributed by atoms with Gasteiger partial charge in [-0.25, -0.2) is 0 Å². The van der Waals surface area contributed by atoms with Gasteiger partial charge in [0, 0.05) is 23.4 Å². The van der Waals surface area contributed by atoms with Gasteiger partial charge in [0.1, 0.15) is 5.75 Å². The van der Waals surface area contributed by atoms with Gasteiger partial charge in [-0.05, 0) is 26.0 Å². The Kier molecular flexibility index (Phi) is 2.96. The van der Waals surface area contributed by atoms with Crippen LogP contribution in [0.2, 0.25) is 0 Å². The van der Waals surface area contributed by atoms with E-state index in [0.717, 1.165) is 0 Å². The number of anilines is 1. The molecule has 1 rings (SSSR count). The van der Waals surface area contributed by atoms with Gasteiger partial charge in [-0.1, -0.05) is 0 Å². The molecule has 0 fully saturated rings. The molecule has 1 aromatic carbocycles. The molecule has 0 saturated carbocycles. The number of phenolic OH excluding ortho intramolecular Hbond substituents is 1. The number of benzene rings is 1. The van der Waals surface area contributed by atoms with Crippen LogP contribution in [0, 0.1) is 0 Å². The van der Waals surface area contributed by atoms with E-state index in [0.29, 0.717) is 11.3 Å². The van der Waals surface area contributed by atoms with Gasteiger partial charge in [-0.3, -0.25) is 4.79 Å². The van der Waals surface area contributed by atoms with E-state index in [2.05, 4.69) is 5.32 Å². The molecule has 0 aliphatic rings. The van der Waals surface area contributed by atoms with Gasteiger partial charge < -0.3 is 16.2 Å². The second-order valence-electron chi connectivity index (χ2n) is 3.44. The molecular formula is C10H14N2O2. The number of aromatic hydroxyl groups is 1. The van der Waals surface area contributed by atoms with Crippen LogP contribution in [0.25, 0.3) is 0 Å². The van der Waals surface area contributed by atoms with Crippen LogP contribution in [0.4, 0.5) is 5.69 Å². The second-order valence-corrected chi connectivity index (χ2v) is 3.44. The topological polar surface area (TPSA) is 75.4 Å². The highest BCUT2D eigenvalue weighted by Crippen LogP contribution is 2.16. The fourth-order valence-electron chi connectivity index (χ4n) is 1.11. The molecule has 1 aromatic rings. The predicted molar refractivity (Wildman–Crippen MR) is 55.1 cm³/mol. The van der Waals surface area contributed by atoms with E-state index < -0.39 is 0 Å². The Balaban J connectivity index is 2.90. The lowest BCUT2D eigenvalue weighted by Gasteiger charge is -2.08. The number of carbonyl (C=O) groups is 1. The molecule has 0 saturated heterocycles. The van der Waals surface area contributed by atoms with Gasteiger partial charge in [0.2, 0.25) is 0 Å². The summed E-state index contributed by atoms with van der Waals surface area (Å²) in [4.78, 5) is 11.5. The highest BCUT2D eigenvalue weighted by molar-refractivity contribution is 5.95. The van der Waals surface area contributed by atoms with Crippen LogP contribution in [0.5, 0.6) is 5.75 Å². The molecule has 0 spiro atoms. The van der Waals surface area contributed by atoms with Gasteiger partial charge >= 0.3 is 0 Å². The summed E-state index contributed by atoms with van der Waals surface area (Å²) in [6.45, 7) is 3.73. The Labute approximate surface area is 82.7 Å². The monoisotopic (exact) mass is 194 g/mol. The van der Waals surface area contributed by atoms with E-state index >= 15 is 0 Å². The minimum Gasteiger partial charge on any atom is -0.508 e. The maximum atomic E-state index is 11.5. The van der Waals surface area contributed by atoms with E-state index in [-0.39, 0.29) is 17.7 Å². The molecule has 0 radical (unpaired) electrons. The standard InChI is InChI=1S/C10H14N2O2/c1-6(2)12-10(14)7-3-8(11)5-9(13)4-7/h3-6,13H,11H2,1-2H3,(H,12,14). The highest BCUT2D eigenvalue weighted by Gasteiger charge is 2.08. The fourth-order valence-corrected chi connectivity index (χ4v) is 1.11. The minimum absolute atomic E-state index is 0.00101. The second kappa shape index (κ2) is 4.00. The molecule has 0 bridgehead atoms. The van der Waals surface area contributed by atoms with Gasteiger partial charge in [-0.15, -0.1) is 0 Å². The third-order valence-electron chi connectivity index (χ3n) is 1.62. The molecule has 0 unspecified atom stereocenters. The van der Waals surface area contributed by atoms with E-state index in [9.17, 15) is 9.90 Å². The maximum Gasteiger partial charge on any atom is 0.251 e. The molecule has 1 amide bonds. The first-order chi connectivity index (χ1) is 6.49. The third-order valence-corrected chi connectivity index (χ3v) is 1.62. The molecule has 4 nitrogen and oxygen atoms in total. The number of phenols is 1. The minimum atomic E-state index is -0.234. The van der Waals surface area contributed by atoms with Crippen molar-refractivity contribution in [2.24, 2.45) is 0 Å². The molecule has 76 valence electrons. The Morgan fingerprint density at radius 3 is 2.57 bits per heavy atom. The molecule has 0 aliphatic carbocycles. The van der Waals surface area contributed by atoms with Crippen molar-refractivity contribution in [1.29, 1.82) is 0 Å². The summed E-state index contributed by atoms with van der Waals surface area (Å²) in [5.74, 6) is -0.235. The van der Waals surface area contributed by atoms with Crippen LogP contribution < -0.4 is 11.1 Å². The highest BCUT2D eigenvalue weighted by atomic mass is 16.3. The third kappa shape index (κ3) is 2.65. The lowest BCUT2D eigenvalue weighted by atomic mass is 10.1. The predicted octanol–water partition coefficient (Wildman–Crippen LogP) is 1.11. The van der Waals surface area contributed by atoms with E-state index in [1.54, 1.807) is 0 Å². The molecule has 0 heterocycles. The van der Waals surface area contributed by atoms with Crippen molar-refractivity contribution in [1.82, 2.24) is 5.32 Å². The number of hydrogen-bond acceptors (Lipinski definition) is 3. The normalized spacial score (nSPS) is 10.2. The molecular weight excluding hydrogens is 180 g/mol. The molecule has 14 heavy (non-hydrogen) atoms. The van der Waals surface area contributed by atoms with Crippen LogP contribution in [0.1, 0.15) is 24.2 Å². The van der Waals surface area contributed by atoms with Crippen molar-refractivity contribution in [3.05, 3.63) is 23.8 Å². The molecule has 4 N–H and O–H groups in total. The van der Waals surface area contributed by atoms with Crippen LogP contribution in [0.15, 0.2) is 18.2 Å². The first-order valence-electron chi connectivity index (χ1n) is 4.39. The van der Waals surface area contributed by atoms with Crippen molar-refractivity contribution in [3.63, 3.8) is 0 Å². The SMILES string of the molecule is CC(C)NC(=O)c1cc(N)cc(O)c1. The summed E-state index contributed by atoms with van der Waals surface area (Å²) in [5, 5.41) is 11.9. The lowest BCUT2D eigenvalue weighted by molar-refractivity contribution is 0.0943. The maximum absolute atomic E-state index is 11.5. The molecule has 0 aliphatic heterocycles. The van der Waals surface area contributed by atoms with Crippen LogP contribution >= 0.6 is 0 Å². The number of nitrogens with one attached hydrogen (secondary N) is 1. The summed E-state index contributed by atoms with van der Waals surface area (Å²) in [5.41, 5.74) is 6.23. The van der Waals surface area contributed by atoms with Gasteiger partial charge in [0.25, 0.3) is 5.91 Å². The van der Waals surface area contributed by atoms with Crippen LogP contribution in [-0.4, -0.2) is 17.1 Å². The lowest BCUT2D eigenvalue weighted by Crippen LogP contribution is -2.30. The van der Waals surface area contributed by atoms with Crippen molar-refractivity contribution >= 4 is 11.6 Å². The van der Waals surface area contributed by atoms with Crippen molar-refractivity contribution in [2.45, 2.75) is 19.9 Å². The Morgan fingerprint density at radius 2 is 2.07 bits per heavy atom. The van der Waals surface area contributed by atoms with Crippen molar-refractivity contribution < 1.29 is 9.90 Å². The Hall–Kier alpha value is -1.71. The molecule has 0 atom stereocenters. The summed E-state index contributed by atoms with van der Waals surface area (Å²) >= 11 is 0. The summed E-state index contributed by atoms with van der Waals surface area (Å²) in [7, 11) is 0. The zero-order valence-corrected chi connectivity index (χ0v) is 8.24. The quantitative estimate of drug-likeness (QED) is 0.617. The van der Waals surface area contributed by atoms with Crippen molar-refractivity contribution in [3.8, 4) is 5.75 Å². The van der Waals surface area contributed by atoms with E-state index in [1.165, 1.54) is 18.2 Å². The van der Waals surface area contributed by atoms with Gasteiger partial charge in [-0.2, -0.15) is 0 Å². The summed E-state index contributed by atoms with van der Waals surface area (Å²) in [6.07, 6.45) is 0. The van der Waals surface area contributed by atoms with Gasteiger partial charge in [0.05, 0.1) is 0 Å². The number of nitrogen functional groups attached to an aromatic ring is 1. The smallest absolute Gasteiger partial charge is 0.251 e. The number of nitrogens with two attached hydrogens (primary N) is 1. The summed E-state index contributed by atoms with van der Waals surface area (Å²) < 4.78 is 0. The van der Waals surface area contributed by atoms with Crippen LogP contribution in [0.3, 0.4) is 0 Å². The largest absolute Gasteiger partial charge is 0.508 e. The Bertz CT molecular complexity index is 328. The number of carbonyl (C=O) groups excluding carboxylic acids is 1. The van der Waals surface area contributed by atoms with Crippen LogP contribution in [-0.2, 0) is 0 Å². The van der Waals surface area contributed by atoms with E-state index in [4.69, 9.17) is 5.73 Å². The average molecular weight is 194 g/mol. The van der Waals surface area contributed by atoms with Crippen molar-refractivity contribution in [2.75, 3.05) is 5.73 Å². The zero-order chi connectivity index (χ0) is 10.7. The fraction of sp³-hybridized carbons (Fsp3) is 0.300. The number of hydrogen-bond donors (Lipinski definition) is 3. The average Bonchev–Trinajstić information content (AvgIpc) is 2.00. The summed E-state index contributed by atoms with van der Waals surface area (Å²) in [6, 6.07) is 4.36. The van der Waals surface area contributed by atoms with Gasteiger partial charge in [0.15, 0.2) is 0 Å². The first kappa shape index (κ1) is 10.4. The number of amides is 1. The van der Waals surface area contributed by atoms with E-state index in [1.807, 2.05) is 13.8 Å². The number of rotatable bonds is 2.